The van der Waals surface area contributed by atoms with Gasteiger partial charge in [0.2, 0.25) is 0 Å². The fraction of sp³-hybridized carbons (Fsp3) is 0.0714. The maximum Gasteiger partial charge on any atom is 0.418 e. The Bertz CT molecular complexity index is 624. The molecule has 0 spiro atoms. The van der Waals surface area contributed by atoms with Gasteiger partial charge in [-0.2, -0.15) is 18.3 Å². The molecule has 2 nitrogen and oxygen atoms in total. The summed E-state index contributed by atoms with van der Waals surface area (Å²) in [6, 6.07) is 12.5. The lowest BCUT2D eigenvalue weighted by molar-refractivity contribution is -0.136. The van der Waals surface area contributed by atoms with Crippen molar-refractivity contribution in [3.8, 4) is 0 Å². The summed E-state index contributed by atoms with van der Waals surface area (Å²) in [5.41, 5.74) is 2.37. The Morgan fingerprint density at radius 2 is 1.80 bits per heavy atom. The summed E-state index contributed by atoms with van der Waals surface area (Å²) in [6.45, 7) is 0. The average molecular weight is 343 g/mol. The zero-order valence-electron chi connectivity index (χ0n) is 10.2. The molecule has 0 radical (unpaired) electrons. The van der Waals surface area contributed by atoms with E-state index in [0.29, 0.717) is 0 Å². The Balaban J connectivity index is 2.16. The number of hydrogen-bond acceptors (Lipinski definition) is 2. The van der Waals surface area contributed by atoms with Gasteiger partial charge in [-0.1, -0.05) is 40.2 Å². The number of para-hydroxylation sites is 1. The minimum absolute atomic E-state index is 0.0775. The molecule has 2 rings (SSSR count). The standard InChI is InChI=1S/C14H10BrF3N2/c15-11-5-3-4-10(8-11)9-19-20-13-7-2-1-6-12(13)14(16,17)18/h1-9,20H. The highest BCUT2D eigenvalue weighted by Crippen LogP contribution is 2.34. The number of anilines is 1. The van der Waals surface area contributed by atoms with Gasteiger partial charge in [-0.05, 0) is 29.8 Å². The maximum absolute atomic E-state index is 12.8. The number of rotatable bonds is 3. The molecule has 0 aliphatic carbocycles. The summed E-state index contributed by atoms with van der Waals surface area (Å²) < 4.78 is 39.1. The van der Waals surface area contributed by atoms with Crippen LogP contribution in [-0.4, -0.2) is 6.21 Å². The third kappa shape index (κ3) is 3.84. The van der Waals surface area contributed by atoms with Crippen LogP contribution in [0, 0.1) is 0 Å². The van der Waals surface area contributed by atoms with Crippen LogP contribution in [-0.2, 0) is 6.18 Å². The number of benzene rings is 2. The lowest BCUT2D eigenvalue weighted by Crippen LogP contribution is -2.08. The lowest BCUT2D eigenvalue weighted by Gasteiger charge is -2.11. The van der Waals surface area contributed by atoms with Gasteiger partial charge in [0.25, 0.3) is 0 Å². The summed E-state index contributed by atoms with van der Waals surface area (Å²) in [7, 11) is 0. The second-order valence-electron chi connectivity index (χ2n) is 3.97. The van der Waals surface area contributed by atoms with Gasteiger partial charge in [-0.3, -0.25) is 5.43 Å². The van der Waals surface area contributed by atoms with Crippen molar-refractivity contribution in [2.75, 3.05) is 5.43 Å². The van der Waals surface area contributed by atoms with Crippen molar-refractivity contribution in [3.63, 3.8) is 0 Å². The molecule has 0 bridgehead atoms. The summed E-state index contributed by atoms with van der Waals surface area (Å²) in [5.74, 6) is 0. The molecule has 104 valence electrons. The molecule has 0 saturated carbocycles. The molecule has 20 heavy (non-hydrogen) atoms. The van der Waals surface area contributed by atoms with Crippen molar-refractivity contribution in [3.05, 3.63) is 64.1 Å². The molecule has 0 aliphatic heterocycles. The molecular formula is C14H10BrF3N2. The number of hydrazone groups is 1. The van der Waals surface area contributed by atoms with Gasteiger partial charge in [0, 0.05) is 4.47 Å². The molecule has 0 aliphatic rings. The van der Waals surface area contributed by atoms with Crippen LogP contribution < -0.4 is 5.43 Å². The smallest absolute Gasteiger partial charge is 0.278 e. The number of nitrogens with one attached hydrogen (secondary N) is 1. The zero-order chi connectivity index (χ0) is 14.6. The molecular weight excluding hydrogens is 333 g/mol. The number of nitrogens with zero attached hydrogens (tertiary/aromatic N) is 1. The minimum Gasteiger partial charge on any atom is -0.278 e. The van der Waals surface area contributed by atoms with Crippen molar-refractivity contribution >= 4 is 27.8 Å². The van der Waals surface area contributed by atoms with Crippen LogP contribution in [0.5, 0.6) is 0 Å². The van der Waals surface area contributed by atoms with Crippen LogP contribution in [0.2, 0.25) is 0 Å². The van der Waals surface area contributed by atoms with Gasteiger partial charge in [0.1, 0.15) is 0 Å². The molecule has 0 aromatic heterocycles. The molecule has 2 aromatic carbocycles. The minimum atomic E-state index is -4.41. The Labute approximate surface area is 122 Å². The van der Waals surface area contributed by atoms with Crippen LogP contribution in [0.3, 0.4) is 0 Å². The van der Waals surface area contributed by atoms with E-state index in [1.807, 2.05) is 12.1 Å². The van der Waals surface area contributed by atoms with Crippen molar-refractivity contribution in [1.82, 2.24) is 0 Å². The number of hydrogen-bond donors (Lipinski definition) is 1. The van der Waals surface area contributed by atoms with Crippen molar-refractivity contribution < 1.29 is 13.2 Å². The van der Waals surface area contributed by atoms with Gasteiger partial charge in [0.05, 0.1) is 17.5 Å². The monoisotopic (exact) mass is 342 g/mol. The number of halogens is 4. The molecule has 0 saturated heterocycles. The zero-order valence-corrected chi connectivity index (χ0v) is 11.7. The first kappa shape index (κ1) is 14.6. The topological polar surface area (TPSA) is 24.4 Å². The van der Waals surface area contributed by atoms with Gasteiger partial charge in [-0.15, -0.1) is 0 Å². The molecule has 6 heteroatoms. The van der Waals surface area contributed by atoms with E-state index in [4.69, 9.17) is 0 Å². The summed E-state index contributed by atoms with van der Waals surface area (Å²) in [6.07, 6.45) is -2.95. The van der Waals surface area contributed by atoms with Crippen molar-refractivity contribution in [2.24, 2.45) is 5.10 Å². The highest BCUT2D eigenvalue weighted by molar-refractivity contribution is 9.10. The second-order valence-corrected chi connectivity index (χ2v) is 4.88. The lowest BCUT2D eigenvalue weighted by atomic mass is 10.2. The summed E-state index contributed by atoms with van der Waals surface area (Å²) in [4.78, 5) is 0. The Morgan fingerprint density at radius 1 is 1.05 bits per heavy atom. The van der Waals surface area contributed by atoms with Crippen molar-refractivity contribution in [1.29, 1.82) is 0 Å². The molecule has 0 unspecified atom stereocenters. The van der Waals surface area contributed by atoms with Crippen LogP contribution in [0.1, 0.15) is 11.1 Å². The summed E-state index contributed by atoms with van der Waals surface area (Å²) in [5, 5.41) is 3.83. The second kappa shape index (κ2) is 6.09. The largest absolute Gasteiger partial charge is 0.418 e. The summed E-state index contributed by atoms with van der Waals surface area (Å²) >= 11 is 3.31. The first-order valence-corrected chi connectivity index (χ1v) is 6.47. The van der Waals surface area contributed by atoms with Gasteiger partial charge in [0.15, 0.2) is 0 Å². The van der Waals surface area contributed by atoms with Crippen LogP contribution >= 0.6 is 15.9 Å². The Morgan fingerprint density at radius 3 is 2.50 bits per heavy atom. The van der Waals surface area contributed by atoms with Gasteiger partial charge >= 0.3 is 6.18 Å². The SMILES string of the molecule is FC(F)(F)c1ccccc1NN=Cc1cccc(Br)c1. The van der Waals surface area contributed by atoms with E-state index in [0.717, 1.165) is 16.1 Å². The van der Waals surface area contributed by atoms with Crippen molar-refractivity contribution in [2.45, 2.75) is 6.18 Å². The molecule has 0 amide bonds. The number of alkyl halides is 3. The van der Waals surface area contributed by atoms with Crippen LogP contribution in [0.25, 0.3) is 0 Å². The van der Waals surface area contributed by atoms with E-state index >= 15 is 0 Å². The predicted molar refractivity (Wildman–Crippen MR) is 76.8 cm³/mol. The molecule has 0 heterocycles. The highest BCUT2D eigenvalue weighted by atomic mass is 79.9. The van der Waals surface area contributed by atoms with Crippen LogP contribution in [0.15, 0.2) is 58.1 Å². The fourth-order valence-electron chi connectivity index (χ4n) is 1.59. The van der Waals surface area contributed by atoms with Crippen LogP contribution in [0.4, 0.5) is 18.9 Å². The third-order valence-electron chi connectivity index (χ3n) is 2.48. The Kier molecular flexibility index (Phi) is 4.44. The quantitative estimate of drug-likeness (QED) is 0.621. The predicted octanol–water partition coefficient (Wildman–Crippen LogP) is 4.91. The van der Waals surface area contributed by atoms with Gasteiger partial charge in [-0.25, -0.2) is 0 Å². The maximum atomic E-state index is 12.8. The third-order valence-corrected chi connectivity index (χ3v) is 2.97. The van der Waals surface area contributed by atoms with E-state index < -0.39 is 11.7 Å². The van der Waals surface area contributed by atoms with E-state index in [1.54, 1.807) is 12.1 Å². The first-order valence-electron chi connectivity index (χ1n) is 5.68. The Hall–Kier alpha value is -1.82. The highest BCUT2D eigenvalue weighted by Gasteiger charge is 2.33. The normalized spacial score (nSPS) is 11.8. The molecule has 1 N–H and O–H groups in total. The van der Waals surface area contributed by atoms with E-state index in [1.165, 1.54) is 24.4 Å². The molecule has 0 fully saturated rings. The van der Waals surface area contributed by atoms with E-state index in [-0.39, 0.29) is 5.69 Å². The fourth-order valence-corrected chi connectivity index (χ4v) is 2.01. The average Bonchev–Trinajstić information content (AvgIpc) is 2.38. The molecule has 0 atom stereocenters. The van der Waals surface area contributed by atoms with Gasteiger partial charge < -0.3 is 0 Å². The van der Waals surface area contributed by atoms with E-state index in [2.05, 4.69) is 26.5 Å². The molecule has 2 aromatic rings. The van der Waals surface area contributed by atoms with E-state index in [9.17, 15) is 13.2 Å². The first-order chi connectivity index (χ1) is 9.47.